The zero-order valence-corrected chi connectivity index (χ0v) is 14.1. The molecule has 1 aromatic carbocycles. The van der Waals surface area contributed by atoms with Gasteiger partial charge in [-0.2, -0.15) is 5.26 Å². The number of hydrogen-bond acceptors (Lipinski definition) is 6. The van der Waals surface area contributed by atoms with E-state index in [0.717, 1.165) is 36.4 Å². The molecule has 0 aliphatic carbocycles. The van der Waals surface area contributed by atoms with Crippen molar-refractivity contribution in [2.75, 3.05) is 25.5 Å². The summed E-state index contributed by atoms with van der Waals surface area (Å²) in [6.07, 6.45) is 3.39. The minimum Gasteiger partial charge on any atom is -0.507 e. The first kappa shape index (κ1) is 16.4. The fourth-order valence-corrected chi connectivity index (χ4v) is 3.54. The van der Waals surface area contributed by atoms with Crippen molar-refractivity contribution in [3.05, 3.63) is 30.0 Å². The molecule has 0 bridgehead atoms. The summed E-state index contributed by atoms with van der Waals surface area (Å²) in [6.45, 7) is 1.87. The lowest BCUT2D eigenvalue weighted by Crippen LogP contribution is -2.35. The number of hydrogen-bond donors (Lipinski definition) is 2. The Labute approximate surface area is 144 Å². The van der Waals surface area contributed by atoms with Gasteiger partial charge >= 0.3 is 0 Å². The lowest BCUT2D eigenvalue weighted by Gasteiger charge is -2.27. The number of carbonyl (C=O) groups excluding carboxylic acids is 1. The van der Waals surface area contributed by atoms with E-state index in [1.54, 1.807) is 18.3 Å². The van der Waals surface area contributed by atoms with Crippen molar-refractivity contribution < 1.29 is 9.90 Å². The summed E-state index contributed by atoms with van der Waals surface area (Å²) >= 11 is 1.35. The Morgan fingerprint density at radius 3 is 2.88 bits per heavy atom. The lowest BCUT2D eigenvalue weighted by molar-refractivity contribution is -0.121. The monoisotopic (exact) mass is 342 g/mol. The van der Waals surface area contributed by atoms with Crippen molar-refractivity contribution in [1.29, 1.82) is 5.26 Å². The third-order valence-corrected chi connectivity index (χ3v) is 5.19. The second kappa shape index (κ2) is 6.99. The highest BCUT2D eigenvalue weighted by Gasteiger charge is 2.24. The third-order valence-electron chi connectivity index (χ3n) is 4.23. The average molecular weight is 342 g/mol. The predicted molar refractivity (Wildman–Crippen MR) is 92.8 cm³/mol. The molecule has 2 aromatic rings. The Hall–Kier alpha value is -2.43. The summed E-state index contributed by atoms with van der Waals surface area (Å²) in [5.41, 5.74) is 1.00. The van der Waals surface area contributed by atoms with E-state index in [1.165, 1.54) is 17.4 Å². The van der Waals surface area contributed by atoms with Crippen LogP contribution in [0.25, 0.3) is 10.4 Å². The molecule has 0 spiro atoms. The summed E-state index contributed by atoms with van der Waals surface area (Å²) in [7, 11) is 2.06. The van der Waals surface area contributed by atoms with Crippen LogP contribution in [-0.4, -0.2) is 41.0 Å². The summed E-state index contributed by atoms with van der Waals surface area (Å²) in [5, 5.41) is 22.1. The molecule has 1 aromatic heterocycles. The summed E-state index contributed by atoms with van der Waals surface area (Å²) < 4.78 is 0. The number of nitrogens with zero attached hydrogens (tertiary/aromatic N) is 3. The average Bonchev–Trinajstić information content (AvgIpc) is 3.04. The van der Waals surface area contributed by atoms with E-state index in [2.05, 4.69) is 22.2 Å². The largest absolute Gasteiger partial charge is 0.507 e. The minimum absolute atomic E-state index is 0.0201. The molecule has 124 valence electrons. The molecule has 1 aliphatic heterocycles. The van der Waals surface area contributed by atoms with Crippen molar-refractivity contribution in [2.24, 2.45) is 5.92 Å². The molecular formula is C17H18N4O2S. The molecule has 7 heteroatoms. The molecule has 1 saturated heterocycles. The Balaban J connectivity index is 1.68. The van der Waals surface area contributed by atoms with Gasteiger partial charge in [0.2, 0.25) is 5.91 Å². The van der Waals surface area contributed by atoms with Crippen molar-refractivity contribution in [2.45, 2.75) is 12.8 Å². The van der Waals surface area contributed by atoms with E-state index in [4.69, 9.17) is 5.26 Å². The molecule has 0 saturated carbocycles. The Morgan fingerprint density at radius 2 is 2.21 bits per heavy atom. The maximum absolute atomic E-state index is 12.3. The van der Waals surface area contributed by atoms with E-state index in [0.29, 0.717) is 5.13 Å². The van der Waals surface area contributed by atoms with Gasteiger partial charge in [0.1, 0.15) is 11.8 Å². The van der Waals surface area contributed by atoms with Crippen LogP contribution in [0.1, 0.15) is 18.4 Å². The summed E-state index contributed by atoms with van der Waals surface area (Å²) in [6, 6.07) is 6.79. The van der Waals surface area contributed by atoms with Gasteiger partial charge in [-0.15, -0.1) is 0 Å². The molecule has 0 radical (unpaired) electrons. The second-order valence-corrected chi connectivity index (χ2v) is 6.97. The predicted octanol–water partition coefficient (Wildman–Crippen LogP) is 2.67. The highest BCUT2D eigenvalue weighted by Crippen LogP contribution is 2.32. The van der Waals surface area contributed by atoms with Crippen LogP contribution < -0.4 is 5.32 Å². The standard InChI is InChI=1S/C17H18N4O2S/c1-21-6-4-11(5-7-21)16(23)20-17-19-10-15(24-17)12-2-3-13(9-18)14(22)8-12/h2-3,8,10-11,22H,4-7H2,1H3,(H,19,20,23). The van der Waals surface area contributed by atoms with Crippen LogP contribution in [0.3, 0.4) is 0 Å². The number of thiazole rings is 1. The van der Waals surface area contributed by atoms with Crippen LogP contribution in [0.5, 0.6) is 5.75 Å². The molecule has 1 aliphatic rings. The number of amides is 1. The number of benzene rings is 1. The maximum Gasteiger partial charge on any atom is 0.229 e. The zero-order valence-electron chi connectivity index (χ0n) is 13.3. The fraction of sp³-hybridized carbons (Fsp3) is 0.353. The van der Waals surface area contributed by atoms with Crippen molar-refractivity contribution in [1.82, 2.24) is 9.88 Å². The van der Waals surface area contributed by atoms with Crippen molar-refractivity contribution in [3.63, 3.8) is 0 Å². The van der Waals surface area contributed by atoms with Crippen LogP contribution in [0.4, 0.5) is 5.13 Å². The number of phenols is 1. The van der Waals surface area contributed by atoms with Gasteiger partial charge in [-0.3, -0.25) is 4.79 Å². The minimum atomic E-state index is -0.0553. The van der Waals surface area contributed by atoms with Gasteiger partial charge in [-0.25, -0.2) is 4.98 Å². The number of likely N-dealkylation sites (tertiary alicyclic amines) is 1. The molecule has 2 N–H and O–H groups in total. The van der Waals surface area contributed by atoms with Gasteiger partial charge < -0.3 is 15.3 Å². The quantitative estimate of drug-likeness (QED) is 0.895. The first-order valence-electron chi connectivity index (χ1n) is 7.75. The van der Waals surface area contributed by atoms with Gasteiger partial charge in [-0.1, -0.05) is 17.4 Å². The van der Waals surface area contributed by atoms with Crippen LogP contribution >= 0.6 is 11.3 Å². The molecule has 2 heterocycles. The van der Waals surface area contributed by atoms with Gasteiger partial charge in [0.05, 0.1) is 10.4 Å². The topological polar surface area (TPSA) is 89.3 Å². The number of nitrogens with one attached hydrogen (secondary N) is 1. The first-order chi connectivity index (χ1) is 11.6. The van der Waals surface area contributed by atoms with Gasteiger partial charge in [0.15, 0.2) is 5.13 Å². The highest BCUT2D eigenvalue weighted by atomic mass is 32.1. The number of aromatic hydroxyl groups is 1. The van der Waals surface area contributed by atoms with Crippen molar-refractivity contribution >= 4 is 22.4 Å². The van der Waals surface area contributed by atoms with Crippen LogP contribution in [0, 0.1) is 17.2 Å². The van der Waals surface area contributed by atoms with Gasteiger partial charge in [-0.05, 0) is 50.7 Å². The van der Waals surface area contributed by atoms with E-state index < -0.39 is 0 Å². The normalized spacial score (nSPS) is 15.8. The second-order valence-electron chi connectivity index (χ2n) is 5.94. The number of carbonyl (C=O) groups is 1. The smallest absolute Gasteiger partial charge is 0.229 e. The number of anilines is 1. The molecule has 3 rings (SSSR count). The molecule has 1 fully saturated rings. The first-order valence-corrected chi connectivity index (χ1v) is 8.57. The number of piperidine rings is 1. The van der Waals surface area contributed by atoms with Gasteiger partial charge in [0, 0.05) is 12.1 Å². The summed E-state index contributed by atoms with van der Waals surface area (Å²) in [5.74, 6) is -0.000469. The fourth-order valence-electron chi connectivity index (χ4n) is 2.72. The number of nitriles is 1. The highest BCUT2D eigenvalue weighted by molar-refractivity contribution is 7.19. The number of phenolic OH excluding ortho intramolecular Hbond substituents is 1. The van der Waals surface area contributed by atoms with E-state index in [-0.39, 0.29) is 23.1 Å². The molecule has 6 nitrogen and oxygen atoms in total. The Morgan fingerprint density at radius 1 is 1.46 bits per heavy atom. The van der Waals surface area contributed by atoms with Gasteiger partial charge in [0.25, 0.3) is 0 Å². The molecule has 24 heavy (non-hydrogen) atoms. The van der Waals surface area contributed by atoms with E-state index in [9.17, 15) is 9.90 Å². The number of aromatic nitrogens is 1. The molecule has 0 unspecified atom stereocenters. The third kappa shape index (κ3) is 3.55. The van der Waals surface area contributed by atoms with E-state index >= 15 is 0 Å². The van der Waals surface area contributed by atoms with E-state index in [1.807, 2.05) is 6.07 Å². The molecular weight excluding hydrogens is 324 g/mol. The zero-order chi connectivity index (χ0) is 17.1. The van der Waals surface area contributed by atoms with Crippen LogP contribution in [0.2, 0.25) is 0 Å². The lowest BCUT2D eigenvalue weighted by atomic mass is 9.96. The maximum atomic E-state index is 12.3. The Bertz CT molecular complexity index is 788. The Kier molecular flexibility index (Phi) is 4.79. The van der Waals surface area contributed by atoms with Crippen molar-refractivity contribution in [3.8, 4) is 22.3 Å². The van der Waals surface area contributed by atoms with Crippen LogP contribution in [-0.2, 0) is 4.79 Å². The molecule has 0 atom stereocenters. The summed E-state index contributed by atoms with van der Waals surface area (Å²) in [4.78, 5) is 19.6. The SMILES string of the molecule is CN1CCC(C(=O)Nc2ncc(-c3ccc(C#N)c(O)c3)s2)CC1. The number of rotatable bonds is 3. The van der Waals surface area contributed by atoms with Crippen LogP contribution in [0.15, 0.2) is 24.4 Å². The molecule has 1 amide bonds.